The molecule has 0 saturated heterocycles. The summed E-state index contributed by atoms with van der Waals surface area (Å²) in [6.45, 7) is 10.2. The minimum atomic E-state index is -1.76. The number of hydrogen-bond donors (Lipinski definition) is 0. The van der Waals surface area contributed by atoms with Crippen molar-refractivity contribution in [2.75, 3.05) is 0 Å². The van der Waals surface area contributed by atoms with Gasteiger partial charge in [0, 0.05) is 0 Å². The zero-order valence-electron chi connectivity index (χ0n) is 19.7. The summed E-state index contributed by atoms with van der Waals surface area (Å²) in [5.74, 6) is 0. The Balaban J connectivity index is 1.82. The molecule has 0 spiro atoms. The molecule has 0 bridgehead atoms. The highest BCUT2D eigenvalue weighted by molar-refractivity contribution is 6.92. The van der Waals surface area contributed by atoms with Gasteiger partial charge in [-0.2, -0.15) is 0 Å². The molecule has 0 nitrogen and oxygen atoms in total. The van der Waals surface area contributed by atoms with Crippen LogP contribution in [0.3, 0.4) is 0 Å². The fourth-order valence-electron chi connectivity index (χ4n) is 5.62. The maximum absolute atomic E-state index is 2.56. The van der Waals surface area contributed by atoms with Crippen molar-refractivity contribution in [2.24, 2.45) is 0 Å². The molecule has 0 aromatic heterocycles. The summed E-state index contributed by atoms with van der Waals surface area (Å²) in [5.41, 5.74) is 8.88. The normalized spacial score (nSPS) is 16.4. The van der Waals surface area contributed by atoms with Crippen LogP contribution in [0, 0.1) is 0 Å². The van der Waals surface area contributed by atoms with Crippen molar-refractivity contribution in [3.8, 4) is 22.3 Å². The van der Waals surface area contributed by atoms with E-state index in [-0.39, 0.29) is 0 Å². The van der Waals surface area contributed by atoms with Gasteiger partial charge in [0.15, 0.2) is 0 Å². The van der Waals surface area contributed by atoms with Crippen LogP contribution >= 0.6 is 0 Å². The van der Waals surface area contributed by atoms with Crippen LogP contribution in [0.4, 0.5) is 0 Å². The van der Waals surface area contributed by atoms with Crippen LogP contribution in [0.25, 0.3) is 22.3 Å². The van der Waals surface area contributed by atoms with Crippen molar-refractivity contribution in [3.05, 3.63) is 108 Å². The van der Waals surface area contributed by atoms with Crippen molar-refractivity contribution < 1.29 is 0 Å². The van der Waals surface area contributed by atoms with E-state index in [4.69, 9.17) is 0 Å². The van der Waals surface area contributed by atoms with E-state index >= 15 is 0 Å². The van der Waals surface area contributed by atoms with Crippen molar-refractivity contribution in [1.82, 2.24) is 0 Å². The first kappa shape index (κ1) is 21.2. The number of benzene rings is 4. The average Bonchev–Trinajstić information content (AvgIpc) is 2.80. The molecule has 1 aliphatic rings. The van der Waals surface area contributed by atoms with Gasteiger partial charge in [0.2, 0.25) is 0 Å². The molecular weight excluding hydrogens is 417 g/mol. The van der Waals surface area contributed by atoms with Crippen LogP contribution in [0.5, 0.6) is 0 Å². The molecule has 0 unspecified atom stereocenters. The third kappa shape index (κ3) is 3.72. The number of rotatable bonds is 1. The van der Waals surface area contributed by atoms with Gasteiger partial charge in [0.1, 0.15) is 0 Å². The Bertz CT molecular complexity index is 1270. The van der Waals surface area contributed by atoms with Crippen LogP contribution < -0.4 is 10.4 Å². The zero-order valence-corrected chi connectivity index (χ0v) is 21.7. The van der Waals surface area contributed by atoms with Gasteiger partial charge in [-0.05, 0) is 45.5 Å². The lowest BCUT2D eigenvalue weighted by atomic mass is 9.97. The summed E-state index contributed by atoms with van der Waals surface area (Å²) in [4.78, 5) is 0. The summed E-state index contributed by atoms with van der Waals surface area (Å²) < 4.78 is 0. The van der Waals surface area contributed by atoms with E-state index in [1.54, 1.807) is 21.5 Å². The predicted molar refractivity (Wildman–Crippen MR) is 145 cm³/mol. The Morgan fingerprint density at radius 2 is 0.969 bits per heavy atom. The average molecular weight is 449 g/mol. The SMILES string of the molecule is C[Si]1(C)Cc2cccc(-c3ccccc3)c2C[Si](C)(C)c2ccccc2-c2ccccc21. The van der Waals surface area contributed by atoms with E-state index < -0.39 is 16.1 Å². The van der Waals surface area contributed by atoms with Gasteiger partial charge in [-0.3, -0.25) is 0 Å². The molecule has 160 valence electrons. The van der Waals surface area contributed by atoms with Gasteiger partial charge in [-0.15, -0.1) is 0 Å². The second-order valence-corrected chi connectivity index (χ2v) is 19.8. The van der Waals surface area contributed by atoms with E-state index in [0.29, 0.717) is 0 Å². The first-order chi connectivity index (χ1) is 15.4. The summed E-state index contributed by atoms with van der Waals surface area (Å²) in [6.07, 6.45) is 0. The van der Waals surface area contributed by atoms with E-state index in [9.17, 15) is 0 Å². The fourth-order valence-corrected chi connectivity index (χ4v) is 11.6. The minimum Gasteiger partial charge on any atom is -0.0652 e. The van der Waals surface area contributed by atoms with Crippen LogP contribution in [0.2, 0.25) is 26.2 Å². The Kier molecular flexibility index (Phi) is 5.31. The highest BCUT2D eigenvalue weighted by Crippen LogP contribution is 2.33. The molecule has 1 heterocycles. The second kappa shape index (κ2) is 8.02. The maximum atomic E-state index is 2.56. The van der Waals surface area contributed by atoms with Crippen LogP contribution in [0.15, 0.2) is 97.1 Å². The first-order valence-corrected chi connectivity index (χ1v) is 18.1. The van der Waals surface area contributed by atoms with Crippen LogP contribution in [-0.4, -0.2) is 16.1 Å². The Labute approximate surface area is 195 Å². The second-order valence-electron chi connectivity index (χ2n) is 10.5. The summed E-state index contributed by atoms with van der Waals surface area (Å²) in [7, 11) is -3.49. The van der Waals surface area contributed by atoms with Crippen molar-refractivity contribution in [3.63, 3.8) is 0 Å². The molecule has 0 aliphatic carbocycles. The Hall–Kier alpha value is -2.69. The monoisotopic (exact) mass is 448 g/mol. The largest absolute Gasteiger partial charge is 0.0857 e. The molecule has 1 aliphatic heterocycles. The molecule has 0 atom stereocenters. The lowest BCUT2D eigenvalue weighted by Gasteiger charge is -2.34. The Morgan fingerprint density at radius 1 is 0.469 bits per heavy atom. The van der Waals surface area contributed by atoms with Crippen LogP contribution in [0.1, 0.15) is 11.1 Å². The quantitative estimate of drug-likeness (QED) is 0.283. The molecule has 0 fully saturated rings. The van der Waals surface area contributed by atoms with Gasteiger partial charge in [0.25, 0.3) is 0 Å². The molecule has 0 amide bonds. The van der Waals surface area contributed by atoms with Gasteiger partial charge < -0.3 is 0 Å². The lowest BCUT2D eigenvalue weighted by Crippen LogP contribution is -2.50. The van der Waals surface area contributed by atoms with Gasteiger partial charge >= 0.3 is 0 Å². The highest BCUT2D eigenvalue weighted by Gasteiger charge is 2.35. The number of hydrogen-bond acceptors (Lipinski definition) is 0. The van der Waals surface area contributed by atoms with E-state index in [0.717, 1.165) is 0 Å². The van der Waals surface area contributed by atoms with Crippen LogP contribution in [-0.2, 0) is 12.1 Å². The summed E-state index contributed by atoms with van der Waals surface area (Å²) >= 11 is 0. The van der Waals surface area contributed by atoms with Crippen molar-refractivity contribution >= 4 is 26.5 Å². The summed E-state index contributed by atoms with van der Waals surface area (Å²) in [5, 5.41) is 3.18. The highest BCUT2D eigenvalue weighted by atomic mass is 28.3. The first-order valence-electron chi connectivity index (χ1n) is 11.7. The standard InChI is InChI=1S/C30H32Si2/c1-31(2)21-24-15-12-18-25(23-13-6-5-7-14-23)28(24)22-32(3,4)30-20-11-9-17-27(30)26-16-8-10-19-29(26)31/h5-20H,21-22H2,1-4H3. The van der Waals surface area contributed by atoms with E-state index in [1.165, 1.54) is 34.3 Å². The Morgan fingerprint density at radius 3 is 1.59 bits per heavy atom. The molecule has 4 aromatic carbocycles. The van der Waals surface area contributed by atoms with Crippen molar-refractivity contribution in [2.45, 2.75) is 38.3 Å². The lowest BCUT2D eigenvalue weighted by molar-refractivity contribution is 1.20. The molecule has 0 saturated carbocycles. The minimum absolute atomic E-state index is 1.18. The summed E-state index contributed by atoms with van der Waals surface area (Å²) in [6, 6.07) is 38.9. The molecule has 2 heteroatoms. The molecular formula is C30H32Si2. The fraction of sp³-hybridized carbons (Fsp3) is 0.200. The molecule has 0 N–H and O–H groups in total. The topological polar surface area (TPSA) is 0 Å². The molecule has 32 heavy (non-hydrogen) atoms. The van der Waals surface area contributed by atoms with Gasteiger partial charge in [0.05, 0.1) is 16.1 Å². The zero-order chi connectivity index (χ0) is 22.3. The van der Waals surface area contributed by atoms with Gasteiger partial charge in [-0.1, -0.05) is 134 Å². The molecule has 4 aromatic rings. The predicted octanol–water partition coefficient (Wildman–Crippen LogP) is 6.73. The third-order valence-corrected chi connectivity index (χ3v) is 13.5. The molecule has 5 rings (SSSR count). The van der Waals surface area contributed by atoms with E-state index in [2.05, 4.69) is 123 Å². The maximum Gasteiger partial charge on any atom is 0.0857 e. The smallest absolute Gasteiger partial charge is 0.0652 e. The third-order valence-electron chi connectivity index (χ3n) is 7.21. The van der Waals surface area contributed by atoms with Gasteiger partial charge in [-0.25, -0.2) is 0 Å². The number of fused-ring (bicyclic) bond motifs is 4. The molecule has 0 radical (unpaired) electrons. The van der Waals surface area contributed by atoms with E-state index in [1.807, 2.05) is 0 Å². The van der Waals surface area contributed by atoms with Crippen molar-refractivity contribution in [1.29, 1.82) is 0 Å².